The van der Waals surface area contributed by atoms with Crippen LogP contribution in [0.15, 0.2) is 67.0 Å². The third-order valence-electron chi connectivity index (χ3n) is 4.26. The quantitative estimate of drug-likeness (QED) is 0.628. The number of pyridine rings is 1. The Balaban J connectivity index is 1.57. The minimum atomic E-state index is -0.637. The molecule has 3 aromatic rings. The first-order valence-corrected chi connectivity index (χ1v) is 8.92. The molecule has 1 N–H and O–H groups in total. The van der Waals surface area contributed by atoms with Crippen molar-refractivity contribution in [1.29, 1.82) is 0 Å². The highest BCUT2D eigenvalue weighted by atomic mass is 19.1. The third-order valence-corrected chi connectivity index (χ3v) is 4.26. The number of halogens is 2. The number of amides is 1. The van der Waals surface area contributed by atoms with Gasteiger partial charge in [0.2, 0.25) is 5.91 Å². The van der Waals surface area contributed by atoms with Gasteiger partial charge in [-0.25, -0.2) is 8.78 Å². The van der Waals surface area contributed by atoms with Gasteiger partial charge in [0.1, 0.15) is 23.1 Å². The lowest BCUT2D eigenvalue weighted by molar-refractivity contribution is -0.121. The van der Waals surface area contributed by atoms with E-state index >= 15 is 0 Å². The molecule has 6 heteroatoms. The van der Waals surface area contributed by atoms with Crippen LogP contribution in [-0.4, -0.2) is 10.9 Å². The first-order chi connectivity index (χ1) is 13.5. The Morgan fingerprint density at radius 3 is 2.61 bits per heavy atom. The van der Waals surface area contributed by atoms with Crippen molar-refractivity contribution in [3.05, 3.63) is 89.8 Å². The predicted molar refractivity (Wildman–Crippen MR) is 102 cm³/mol. The molecule has 1 atom stereocenters. The molecule has 0 aliphatic rings. The maximum absolute atomic E-state index is 13.7. The van der Waals surface area contributed by atoms with E-state index in [0.717, 1.165) is 11.6 Å². The molecule has 0 aliphatic heterocycles. The summed E-state index contributed by atoms with van der Waals surface area (Å²) in [6.45, 7) is 1.86. The predicted octanol–water partition coefficient (Wildman–Crippen LogP) is 4.96. The fourth-order valence-corrected chi connectivity index (χ4v) is 2.76. The van der Waals surface area contributed by atoms with Crippen molar-refractivity contribution in [2.24, 2.45) is 0 Å². The van der Waals surface area contributed by atoms with Gasteiger partial charge in [-0.3, -0.25) is 9.78 Å². The monoisotopic (exact) mass is 382 g/mol. The zero-order valence-electron chi connectivity index (χ0n) is 15.4. The average molecular weight is 382 g/mol. The lowest BCUT2D eigenvalue weighted by atomic mass is 10.1. The minimum absolute atomic E-state index is 0.111. The standard InChI is InChI=1S/C22H20F2N2O2/c1-15(26-22(27)8-6-16-5-7-18(23)14-21(16)24)17-3-2-4-20(13-17)28-19-9-11-25-12-10-19/h2-5,7,9-15H,6,8H2,1H3,(H,26,27). The normalized spacial score (nSPS) is 11.7. The number of carbonyl (C=O) groups is 1. The number of aromatic nitrogens is 1. The summed E-state index contributed by atoms with van der Waals surface area (Å²) in [5, 5.41) is 2.89. The van der Waals surface area contributed by atoms with Crippen LogP contribution < -0.4 is 10.1 Å². The van der Waals surface area contributed by atoms with E-state index in [1.807, 2.05) is 31.2 Å². The topological polar surface area (TPSA) is 51.2 Å². The Morgan fingerprint density at radius 2 is 1.86 bits per heavy atom. The van der Waals surface area contributed by atoms with Gasteiger partial charge in [0, 0.05) is 24.9 Å². The second kappa shape index (κ2) is 9.08. The molecule has 0 radical (unpaired) electrons. The van der Waals surface area contributed by atoms with Gasteiger partial charge >= 0.3 is 0 Å². The van der Waals surface area contributed by atoms with Crippen molar-refractivity contribution >= 4 is 5.91 Å². The van der Waals surface area contributed by atoms with Gasteiger partial charge in [0.25, 0.3) is 0 Å². The number of hydrogen-bond acceptors (Lipinski definition) is 3. The van der Waals surface area contributed by atoms with Gasteiger partial charge in [-0.15, -0.1) is 0 Å². The van der Waals surface area contributed by atoms with Gasteiger partial charge in [0.15, 0.2) is 0 Å². The Hall–Kier alpha value is -3.28. The molecule has 1 heterocycles. The van der Waals surface area contributed by atoms with E-state index in [1.54, 1.807) is 24.5 Å². The van der Waals surface area contributed by atoms with Gasteiger partial charge < -0.3 is 10.1 Å². The smallest absolute Gasteiger partial charge is 0.220 e. The minimum Gasteiger partial charge on any atom is -0.457 e. The zero-order valence-corrected chi connectivity index (χ0v) is 15.4. The molecule has 0 saturated carbocycles. The van der Waals surface area contributed by atoms with Crippen LogP contribution in [0.25, 0.3) is 0 Å². The van der Waals surface area contributed by atoms with Crippen LogP contribution in [0.1, 0.15) is 30.5 Å². The van der Waals surface area contributed by atoms with Crippen LogP contribution >= 0.6 is 0 Å². The van der Waals surface area contributed by atoms with Crippen molar-refractivity contribution in [1.82, 2.24) is 10.3 Å². The molecule has 2 aromatic carbocycles. The van der Waals surface area contributed by atoms with E-state index in [0.29, 0.717) is 17.1 Å². The highest BCUT2D eigenvalue weighted by molar-refractivity contribution is 5.76. The summed E-state index contributed by atoms with van der Waals surface area (Å²) in [7, 11) is 0. The molecule has 1 aromatic heterocycles. The highest BCUT2D eigenvalue weighted by Gasteiger charge is 2.12. The lowest BCUT2D eigenvalue weighted by Crippen LogP contribution is -2.26. The number of aryl methyl sites for hydroxylation is 1. The Morgan fingerprint density at radius 1 is 1.07 bits per heavy atom. The Labute approximate surface area is 162 Å². The maximum atomic E-state index is 13.7. The van der Waals surface area contributed by atoms with Gasteiger partial charge in [0.05, 0.1) is 6.04 Å². The van der Waals surface area contributed by atoms with Crippen molar-refractivity contribution in [2.75, 3.05) is 0 Å². The van der Waals surface area contributed by atoms with Crippen LogP contribution in [0.2, 0.25) is 0 Å². The summed E-state index contributed by atoms with van der Waals surface area (Å²) in [5.41, 5.74) is 1.20. The second-order valence-electron chi connectivity index (χ2n) is 6.38. The third kappa shape index (κ3) is 5.36. The van der Waals surface area contributed by atoms with Crippen molar-refractivity contribution < 1.29 is 18.3 Å². The number of nitrogens with zero attached hydrogens (tertiary/aromatic N) is 1. The SMILES string of the molecule is CC(NC(=O)CCc1ccc(F)cc1F)c1cccc(Oc2ccncc2)c1. The van der Waals surface area contributed by atoms with E-state index in [4.69, 9.17) is 4.74 Å². The van der Waals surface area contributed by atoms with Crippen LogP contribution in [0.5, 0.6) is 11.5 Å². The van der Waals surface area contributed by atoms with Gasteiger partial charge in [-0.2, -0.15) is 0 Å². The first kappa shape index (κ1) is 19.5. The molecule has 0 spiro atoms. The molecule has 3 rings (SSSR count). The number of nitrogens with one attached hydrogen (secondary N) is 1. The van der Waals surface area contributed by atoms with Crippen molar-refractivity contribution in [3.63, 3.8) is 0 Å². The first-order valence-electron chi connectivity index (χ1n) is 8.92. The van der Waals surface area contributed by atoms with Crippen LogP contribution in [-0.2, 0) is 11.2 Å². The molecule has 0 fully saturated rings. The van der Waals surface area contributed by atoms with Crippen molar-refractivity contribution in [3.8, 4) is 11.5 Å². The number of ether oxygens (including phenoxy) is 1. The second-order valence-corrected chi connectivity index (χ2v) is 6.38. The molecule has 1 amide bonds. The number of carbonyl (C=O) groups excluding carboxylic acids is 1. The summed E-state index contributed by atoms with van der Waals surface area (Å²) < 4.78 is 32.4. The summed E-state index contributed by atoms with van der Waals surface area (Å²) in [6.07, 6.45) is 3.61. The largest absolute Gasteiger partial charge is 0.457 e. The summed E-state index contributed by atoms with van der Waals surface area (Å²) in [5.74, 6) is -0.157. The van der Waals surface area contributed by atoms with E-state index < -0.39 is 11.6 Å². The van der Waals surface area contributed by atoms with E-state index in [1.165, 1.54) is 12.1 Å². The highest BCUT2D eigenvalue weighted by Crippen LogP contribution is 2.24. The molecule has 28 heavy (non-hydrogen) atoms. The molecule has 0 bridgehead atoms. The Bertz CT molecular complexity index is 948. The molecule has 0 saturated heterocycles. The zero-order chi connectivity index (χ0) is 19.9. The average Bonchev–Trinajstić information content (AvgIpc) is 2.68. The van der Waals surface area contributed by atoms with E-state index in [2.05, 4.69) is 10.3 Å². The van der Waals surface area contributed by atoms with Gasteiger partial charge in [-0.05, 0) is 54.8 Å². The fraction of sp³-hybridized carbons (Fsp3) is 0.182. The summed E-state index contributed by atoms with van der Waals surface area (Å²) >= 11 is 0. The molecular weight excluding hydrogens is 362 g/mol. The number of benzene rings is 2. The van der Waals surface area contributed by atoms with Crippen molar-refractivity contribution in [2.45, 2.75) is 25.8 Å². The maximum Gasteiger partial charge on any atom is 0.220 e. The van der Waals surface area contributed by atoms with Gasteiger partial charge in [-0.1, -0.05) is 18.2 Å². The lowest BCUT2D eigenvalue weighted by Gasteiger charge is -2.16. The summed E-state index contributed by atoms with van der Waals surface area (Å²) in [4.78, 5) is 16.2. The summed E-state index contributed by atoms with van der Waals surface area (Å²) in [6, 6.07) is 14.1. The number of rotatable bonds is 7. The molecule has 144 valence electrons. The van der Waals surface area contributed by atoms with E-state index in [9.17, 15) is 13.6 Å². The van der Waals surface area contributed by atoms with Crippen LogP contribution in [0.4, 0.5) is 8.78 Å². The molecule has 0 aliphatic carbocycles. The molecule has 4 nitrogen and oxygen atoms in total. The van der Waals surface area contributed by atoms with Crippen LogP contribution in [0.3, 0.4) is 0 Å². The van der Waals surface area contributed by atoms with Crippen LogP contribution in [0, 0.1) is 11.6 Å². The van der Waals surface area contributed by atoms with E-state index in [-0.39, 0.29) is 24.8 Å². The molecule has 1 unspecified atom stereocenters. The fourth-order valence-electron chi connectivity index (χ4n) is 2.76. The molecular formula is C22H20F2N2O2. The Kier molecular flexibility index (Phi) is 6.32. The number of hydrogen-bond donors (Lipinski definition) is 1.